The van der Waals surface area contributed by atoms with E-state index in [1.165, 1.54) is 5.56 Å². The molecule has 1 aliphatic rings. The van der Waals surface area contributed by atoms with Crippen molar-refractivity contribution in [2.75, 3.05) is 43.0 Å². The maximum atomic E-state index is 12.1. The van der Waals surface area contributed by atoms with Crippen molar-refractivity contribution < 1.29 is 13.9 Å². The monoisotopic (exact) mass is 406 g/mol. The number of aromatic nitrogens is 1. The van der Waals surface area contributed by atoms with Crippen molar-refractivity contribution >= 4 is 17.4 Å². The van der Waals surface area contributed by atoms with E-state index in [4.69, 9.17) is 9.15 Å². The fourth-order valence-corrected chi connectivity index (χ4v) is 3.51. The van der Waals surface area contributed by atoms with Crippen LogP contribution in [0.25, 0.3) is 0 Å². The van der Waals surface area contributed by atoms with E-state index < -0.39 is 0 Å². The SMILES string of the molecule is O=C(COc1ccccc1)Nc1ccc(N2CCCN(Cc3ccoc3)CC2)nc1. The minimum absolute atomic E-state index is 0.0373. The van der Waals surface area contributed by atoms with Gasteiger partial charge in [0.15, 0.2) is 6.61 Å². The molecule has 1 amide bonds. The van der Waals surface area contributed by atoms with E-state index in [-0.39, 0.29) is 12.5 Å². The lowest BCUT2D eigenvalue weighted by Crippen LogP contribution is -2.30. The Labute approximate surface area is 176 Å². The summed E-state index contributed by atoms with van der Waals surface area (Å²) in [5.41, 5.74) is 1.87. The Bertz CT molecular complexity index is 913. The van der Waals surface area contributed by atoms with Gasteiger partial charge in [0.2, 0.25) is 0 Å². The van der Waals surface area contributed by atoms with Crippen molar-refractivity contribution in [2.45, 2.75) is 13.0 Å². The highest BCUT2D eigenvalue weighted by Crippen LogP contribution is 2.17. The molecule has 2 aromatic heterocycles. The van der Waals surface area contributed by atoms with Gasteiger partial charge in [-0.25, -0.2) is 4.98 Å². The Morgan fingerprint density at radius 2 is 1.97 bits per heavy atom. The van der Waals surface area contributed by atoms with Crippen molar-refractivity contribution in [1.29, 1.82) is 0 Å². The highest BCUT2D eigenvalue weighted by atomic mass is 16.5. The standard InChI is InChI=1S/C23H26N4O3/c28-23(18-30-21-5-2-1-3-6-21)25-20-7-8-22(24-15-20)27-11-4-10-26(12-13-27)16-19-9-14-29-17-19/h1-3,5-9,14-15,17H,4,10-13,16,18H2,(H,25,28). The molecule has 30 heavy (non-hydrogen) atoms. The van der Waals surface area contributed by atoms with Crippen LogP contribution in [0.5, 0.6) is 5.75 Å². The van der Waals surface area contributed by atoms with Crippen LogP contribution in [-0.2, 0) is 11.3 Å². The molecule has 7 heteroatoms. The molecular weight excluding hydrogens is 380 g/mol. The number of rotatable bonds is 7. The molecule has 7 nitrogen and oxygen atoms in total. The first-order valence-electron chi connectivity index (χ1n) is 10.2. The van der Waals surface area contributed by atoms with Gasteiger partial charge >= 0.3 is 0 Å². The van der Waals surface area contributed by atoms with Gasteiger partial charge in [0.05, 0.1) is 24.4 Å². The molecule has 0 unspecified atom stereocenters. The second kappa shape index (κ2) is 9.93. The fraction of sp³-hybridized carbons (Fsp3) is 0.304. The third kappa shape index (κ3) is 5.61. The number of pyridine rings is 1. The van der Waals surface area contributed by atoms with Gasteiger partial charge < -0.3 is 19.4 Å². The van der Waals surface area contributed by atoms with Gasteiger partial charge in [-0.3, -0.25) is 9.69 Å². The number of hydrogen-bond acceptors (Lipinski definition) is 6. The predicted molar refractivity (Wildman–Crippen MR) is 116 cm³/mol. The molecule has 0 radical (unpaired) electrons. The van der Waals surface area contributed by atoms with Crippen molar-refractivity contribution in [3.05, 3.63) is 72.8 Å². The number of anilines is 2. The van der Waals surface area contributed by atoms with Gasteiger partial charge in [-0.2, -0.15) is 0 Å². The third-order valence-corrected chi connectivity index (χ3v) is 5.04. The zero-order chi connectivity index (χ0) is 20.6. The second-order valence-electron chi connectivity index (χ2n) is 7.30. The first-order valence-corrected chi connectivity index (χ1v) is 10.2. The first kappa shape index (κ1) is 20.0. The van der Waals surface area contributed by atoms with Crippen LogP contribution in [0.4, 0.5) is 11.5 Å². The summed E-state index contributed by atoms with van der Waals surface area (Å²) in [7, 11) is 0. The zero-order valence-electron chi connectivity index (χ0n) is 16.9. The van der Waals surface area contributed by atoms with Crippen LogP contribution in [-0.4, -0.2) is 48.6 Å². The van der Waals surface area contributed by atoms with E-state index in [0.717, 1.165) is 45.0 Å². The van der Waals surface area contributed by atoms with E-state index in [2.05, 4.69) is 20.1 Å². The maximum Gasteiger partial charge on any atom is 0.262 e. The molecule has 1 aromatic carbocycles. The Hall–Kier alpha value is -3.32. The molecule has 1 saturated heterocycles. The Morgan fingerprint density at radius 3 is 2.73 bits per heavy atom. The number of furan rings is 1. The van der Waals surface area contributed by atoms with Crippen LogP contribution in [0, 0.1) is 0 Å². The average molecular weight is 406 g/mol. The van der Waals surface area contributed by atoms with Gasteiger partial charge in [0.1, 0.15) is 11.6 Å². The van der Waals surface area contributed by atoms with Crippen molar-refractivity contribution in [3.8, 4) is 5.75 Å². The van der Waals surface area contributed by atoms with Crippen LogP contribution < -0.4 is 15.0 Å². The van der Waals surface area contributed by atoms with Crippen LogP contribution in [0.1, 0.15) is 12.0 Å². The number of carbonyl (C=O) groups is 1. The molecule has 4 rings (SSSR count). The lowest BCUT2D eigenvalue weighted by Gasteiger charge is -2.22. The molecule has 3 heterocycles. The molecule has 1 aliphatic heterocycles. The normalized spacial score (nSPS) is 14.9. The van der Waals surface area contributed by atoms with Crippen LogP contribution in [0.15, 0.2) is 71.7 Å². The Balaban J connectivity index is 1.26. The number of benzene rings is 1. The predicted octanol–water partition coefficient (Wildman–Crippen LogP) is 3.40. The molecule has 1 N–H and O–H groups in total. The summed E-state index contributed by atoms with van der Waals surface area (Å²) in [6.45, 7) is 4.78. The summed E-state index contributed by atoms with van der Waals surface area (Å²) in [6, 6.07) is 15.1. The van der Waals surface area contributed by atoms with Crippen LogP contribution >= 0.6 is 0 Å². The van der Waals surface area contributed by atoms with E-state index in [0.29, 0.717) is 11.4 Å². The van der Waals surface area contributed by atoms with Gasteiger partial charge in [-0.1, -0.05) is 18.2 Å². The van der Waals surface area contributed by atoms with Crippen molar-refractivity contribution in [3.63, 3.8) is 0 Å². The summed E-state index contributed by atoms with van der Waals surface area (Å²) in [5.74, 6) is 1.39. The molecule has 0 bridgehead atoms. The third-order valence-electron chi connectivity index (χ3n) is 5.04. The molecule has 1 fully saturated rings. The summed E-state index contributed by atoms with van der Waals surface area (Å²) in [5, 5.41) is 2.82. The number of nitrogens with zero attached hydrogens (tertiary/aromatic N) is 3. The molecule has 0 aliphatic carbocycles. The van der Waals surface area contributed by atoms with Gasteiger partial charge in [0, 0.05) is 38.3 Å². The highest BCUT2D eigenvalue weighted by Gasteiger charge is 2.16. The van der Waals surface area contributed by atoms with Gasteiger partial charge in [-0.15, -0.1) is 0 Å². The highest BCUT2D eigenvalue weighted by molar-refractivity contribution is 5.91. The summed E-state index contributed by atoms with van der Waals surface area (Å²) in [6.07, 6.45) is 6.30. The van der Waals surface area contributed by atoms with E-state index in [1.807, 2.05) is 54.8 Å². The molecular formula is C23H26N4O3. The number of nitrogens with one attached hydrogen (secondary N) is 1. The molecule has 0 atom stereocenters. The number of hydrogen-bond donors (Lipinski definition) is 1. The number of carbonyl (C=O) groups excluding carboxylic acids is 1. The summed E-state index contributed by atoms with van der Waals surface area (Å²) in [4.78, 5) is 21.4. The topological polar surface area (TPSA) is 70.8 Å². The first-order chi connectivity index (χ1) is 14.8. The lowest BCUT2D eigenvalue weighted by atomic mass is 10.3. The number of para-hydroxylation sites is 1. The smallest absolute Gasteiger partial charge is 0.262 e. The minimum atomic E-state index is -0.210. The van der Waals surface area contributed by atoms with Crippen molar-refractivity contribution in [2.24, 2.45) is 0 Å². The largest absolute Gasteiger partial charge is 0.484 e. The number of amides is 1. The number of ether oxygens (including phenoxy) is 1. The van der Waals surface area contributed by atoms with Crippen LogP contribution in [0.3, 0.4) is 0 Å². The minimum Gasteiger partial charge on any atom is -0.484 e. The molecule has 3 aromatic rings. The summed E-state index contributed by atoms with van der Waals surface area (Å²) >= 11 is 0. The van der Waals surface area contributed by atoms with Gasteiger partial charge in [-0.05, 0) is 36.8 Å². The van der Waals surface area contributed by atoms with E-state index in [9.17, 15) is 4.79 Å². The Morgan fingerprint density at radius 1 is 1.07 bits per heavy atom. The zero-order valence-corrected chi connectivity index (χ0v) is 16.9. The van der Waals surface area contributed by atoms with Crippen molar-refractivity contribution in [1.82, 2.24) is 9.88 Å². The lowest BCUT2D eigenvalue weighted by molar-refractivity contribution is -0.118. The van der Waals surface area contributed by atoms with E-state index in [1.54, 1.807) is 12.5 Å². The Kier molecular flexibility index (Phi) is 6.61. The quantitative estimate of drug-likeness (QED) is 0.648. The average Bonchev–Trinajstić information content (AvgIpc) is 3.18. The summed E-state index contributed by atoms with van der Waals surface area (Å²) < 4.78 is 10.6. The molecule has 0 spiro atoms. The van der Waals surface area contributed by atoms with Crippen LogP contribution in [0.2, 0.25) is 0 Å². The fourth-order valence-electron chi connectivity index (χ4n) is 3.51. The maximum absolute atomic E-state index is 12.1. The molecule has 156 valence electrons. The molecule has 0 saturated carbocycles. The van der Waals surface area contributed by atoms with Gasteiger partial charge in [0.25, 0.3) is 5.91 Å². The second-order valence-corrected chi connectivity index (χ2v) is 7.30. The van der Waals surface area contributed by atoms with E-state index >= 15 is 0 Å².